The summed E-state index contributed by atoms with van der Waals surface area (Å²) < 4.78 is 13.1. The van der Waals surface area contributed by atoms with Crippen molar-refractivity contribution in [1.82, 2.24) is 9.30 Å². The van der Waals surface area contributed by atoms with Crippen molar-refractivity contribution in [1.29, 1.82) is 0 Å². The third-order valence-electron chi connectivity index (χ3n) is 1.62. The van der Waals surface area contributed by atoms with Crippen LogP contribution in [0, 0.1) is 0 Å². The first kappa shape index (κ1) is 7.12. The van der Waals surface area contributed by atoms with E-state index < -0.39 is 0 Å². The third kappa shape index (κ3) is 1.54. The molecule has 0 spiro atoms. The van der Waals surface area contributed by atoms with Crippen LogP contribution in [0.15, 0.2) is 4.40 Å². The van der Waals surface area contributed by atoms with Crippen LogP contribution in [0.1, 0.15) is 0 Å². The van der Waals surface area contributed by atoms with Gasteiger partial charge in [-0.1, -0.05) is 0 Å². The molecule has 0 saturated carbocycles. The topological polar surface area (TPSA) is 38.9 Å². The molecule has 1 fully saturated rings. The van der Waals surface area contributed by atoms with Crippen LogP contribution in [-0.2, 0) is 4.74 Å². The molecule has 0 bridgehead atoms. The molecule has 4 nitrogen and oxygen atoms in total. The van der Waals surface area contributed by atoms with E-state index in [9.17, 15) is 0 Å². The van der Waals surface area contributed by atoms with Gasteiger partial charge in [0.1, 0.15) is 0 Å². The standard InChI is InChI=1S/C6H8N3OS/c1-3-10-4-2-9(1)6-5-7-11-8-6/h1-4H2/q+1. The van der Waals surface area contributed by atoms with Crippen molar-refractivity contribution in [3.63, 3.8) is 0 Å². The summed E-state index contributed by atoms with van der Waals surface area (Å²) in [7, 11) is 0. The molecule has 0 unspecified atom stereocenters. The van der Waals surface area contributed by atoms with Crippen molar-refractivity contribution in [2.45, 2.75) is 0 Å². The molecule has 5 heteroatoms. The number of nitrogens with zero attached hydrogens (tertiary/aromatic N) is 3. The van der Waals surface area contributed by atoms with Gasteiger partial charge in [-0.15, -0.1) is 4.40 Å². The van der Waals surface area contributed by atoms with Crippen LogP contribution in [0.5, 0.6) is 0 Å². The highest BCUT2D eigenvalue weighted by molar-refractivity contribution is 7.96. The normalized spacial score (nSPS) is 24.0. The van der Waals surface area contributed by atoms with Gasteiger partial charge < -0.3 is 9.64 Å². The molecule has 2 rings (SSSR count). The molecule has 0 N–H and O–H groups in total. The van der Waals surface area contributed by atoms with E-state index in [4.69, 9.17) is 4.74 Å². The van der Waals surface area contributed by atoms with E-state index in [1.165, 1.54) is 12.1 Å². The molecule has 0 aromatic carbocycles. The highest BCUT2D eigenvalue weighted by Gasteiger charge is 2.23. The van der Waals surface area contributed by atoms with Gasteiger partial charge in [-0.05, 0) is 0 Å². The molecule has 58 valence electrons. The number of rotatable bonds is 0. The predicted octanol–water partition coefficient (Wildman–Crippen LogP) is -0.423. The third-order valence-corrected chi connectivity index (χ3v) is 2.05. The lowest BCUT2D eigenvalue weighted by atomic mass is 10.4. The van der Waals surface area contributed by atoms with Crippen LogP contribution in [0.4, 0.5) is 0 Å². The Bertz CT molecular complexity index is 198. The molecule has 0 aromatic heterocycles. The highest BCUT2D eigenvalue weighted by Crippen LogP contribution is 2.05. The van der Waals surface area contributed by atoms with Crippen LogP contribution in [0.3, 0.4) is 0 Å². The van der Waals surface area contributed by atoms with E-state index in [1.807, 2.05) is 0 Å². The molecule has 0 aromatic rings. The quantitative estimate of drug-likeness (QED) is 0.463. The lowest BCUT2D eigenvalue weighted by Gasteiger charge is -2.25. The highest BCUT2D eigenvalue weighted by atomic mass is 32.2. The van der Waals surface area contributed by atoms with Crippen molar-refractivity contribution in [2.75, 3.05) is 26.3 Å². The largest absolute Gasteiger partial charge is 0.416 e. The van der Waals surface area contributed by atoms with E-state index in [1.54, 1.807) is 0 Å². The number of ether oxygens (including phenoxy) is 1. The number of hydrogen-bond donors (Lipinski definition) is 0. The van der Waals surface area contributed by atoms with Gasteiger partial charge >= 0.3 is 18.3 Å². The summed E-state index contributed by atoms with van der Waals surface area (Å²) in [5.41, 5.74) is 0. The molecule has 2 heterocycles. The van der Waals surface area contributed by atoms with Crippen LogP contribution in [-0.4, -0.2) is 43.3 Å². The van der Waals surface area contributed by atoms with Crippen molar-refractivity contribution in [3.05, 3.63) is 0 Å². The van der Waals surface area contributed by atoms with Gasteiger partial charge in [0.15, 0.2) is 4.40 Å². The maximum atomic E-state index is 5.20. The van der Waals surface area contributed by atoms with E-state index in [-0.39, 0.29) is 0 Å². The average molecular weight is 170 g/mol. The summed E-state index contributed by atoms with van der Waals surface area (Å²) in [6.07, 6.45) is 2.83. The van der Waals surface area contributed by atoms with Crippen LogP contribution >= 0.6 is 12.1 Å². The summed E-state index contributed by atoms with van der Waals surface area (Å²) in [6, 6.07) is 0. The van der Waals surface area contributed by atoms with Crippen LogP contribution in [0.2, 0.25) is 0 Å². The van der Waals surface area contributed by atoms with Crippen molar-refractivity contribution < 1.29 is 4.74 Å². The first-order valence-corrected chi connectivity index (χ1v) is 4.23. The fourth-order valence-electron chi connectivity index (χ4n) is 1.04. The minimum Gasteiger partial charge on any atom is -0.378 e. The monoisotopic (exact) mass is 170 g/mol. The lowest BCUT2D eigenvalue weighted by molar-refractivity contribution is 0.0691. The Morgan fingerprint density at radius 3 is 3.00 bits per heavy atom. The Hall–Kier alpha value is -0.550. The molecule has 1 saturated heterocycles. The second kappa shape index (κ2) is 3.23. The lowest BCUT2D eigenvalue weighted by Crippen LogP contribution is -2.40. The Kier molecular flexibility index (Phi) is 2.09. The molecular weight excluding hydrogens is 162 g/mol. The van der Waals surface area contributed by atoms with Gasteiger partial charge in [-0.25, -0.2) is 0 Å². The maximum absolute atomic E-state index is 5.20. The van der Waals surface area contributed by atoms with Gasteiger partial charge in [-0.2, -0.15) is 0 Å². The first-order valence-electron chi connectivity index (χ1n) is 3.50. The second-order valence-electron chi connectivity index (χ2n) is 2.30. The fraction of sp³-hybridized carbons (Fsp3) is 0.667. The molecule has 0 aliphatic carbocycles. The minimum atomic E-state index is 0.783. The number of hydrogen-bond acceptors (Lipinski definition) is 5. The average Bonchev–Trinajstić information content (AvgIpc) is 2.58. The summed E-state index contributed by atoms with van der Waals surface area (Å²) in [5, 5.41) is 0. The molecule has 2 aliphatic rings. The Balaban J connectivity index is 1.97. The zero-order chi connectivity index (χ0) is 7.52. The zero-order valence-corrected chi connectivity index (χ0v) is 6.80. The summed E-state index contributed by atoms with van der Waals surface area (Å²) >= 11 is 1.20. The van der Waals surface area contributed by atoms with Gasteiger partial charge in [0.05, 0.1) is 13.2 Å². The van der Waals surface area contributed by atoms with Crippen LogP contribution < -0.4 is 4.40 Å². The Morgan fingerprint density at radius 2 is 2.36 bits per heavy atom. The van der Waals surface area contributed by atoms with Crippen molar-refractivity contribution >= 4 is 24.2 Å². The van der Waals surface area contributed by atoms with Crippen molar-refractivity contribution in [3.8, 4) is 0 Å². The van der Waals surface area contributed by atoms with Gasteiger partial charge in [0.25, 0.3) is 0 Å². The van der Waals surface area contributed by atoms with E-state index in [0.717, 1.165) is 32.1 Å². The predicted molar refractivity (Wildman–Crippen MR) is 44.6 cm³/mol. The molecule has 2 radical (unpaired) electrons. The molecule has 11 heavy (non-hydrogen) atoms. The molecule has 0 atom stereocenters. The summed E-state index contributed by atoms with van der Waals surface area (Å²) in [4.78, 5) is 2.13. The Labute approximate surface area is 69.6 Å². The first-order chi connectivity index (χ1) is 5.47. The van der Waals surface area contributed by atoms with Gasteiger partial charge in [-0.3, -0.25) is 0 Å². The number of morpholine rings is 1. The van der Waals surface area contributed by atoms with Crippen molar-refractivity contribution in [2.24, 2.45) is 4.40 Å². The zero-order valence-electron chi connectivity index (χ0n) is 5.99. The minimum absolute atomic E-state index is 0.783. The Morgan fingerprint density at radius 1 is 1.55 bits per heavy atom. The SMILES string of the molecule is [C]1=[N+]SN=C1N1CCOCC1. The van der Waals surface area contributed by atoms with E-state index in [0.29, 0.717) is 0 Å². The van der Waals surface area contributed by atoms with Gasteiger partial charge in [0, 0.05) is 13.1 Å². The smallest absolute Gasteiger partial charge is 0.378 e. The second-order valence-corrected chi connectivity index (χ2v) is 2.83. The fourth-order valence-corrected chi connectivity index (χ4v) is 1.44. The van der Waals surface area contributed by atoms with E-state index >= 15 is 0 Å². The molecule has 0 amide bonds. The maximum Gasteiger partial charge on any atom is 0.416 e. The molecular formula is C6H8N3OS+. The summed E-state index contributed by atoms with van der Waals surface area (Å²) in [5.74, 6) is 0.860. The van der Waals surface area contributed by atoms with Crippen LogP contribution in [0.25, 0.3) is 0 Å². The van der Waals surface area contributed by atoms with Gasteiger partial charge in [0.2, 0.25) is 5.84 Å². The molecule has 2 aliphatic heterocycles. The summed E-state index contributed by atoms with van der Waals surface area (Å²) in [6.45, 7) is 3.38. The number of amidine groups is 1. The van der Waals surface area contributed by atoms with E-state index in [2.05, 4.69) is 19.9 Å².